The summed E-state index contributed by atoms with van der Waals surface area (Å²) in [7, 11) is 1.99. The van der Waals surface area contributed by atoms with Crippen molar-refractivity contribution in [2.75, 3.05) is 33.4 Å². The van der Waals surface area contributed by atoms with Crippen molar-refractivity contribution in [3.8, 4) is 0 Å². The van der Waals surface area contributed by atoms with Crippen LogP contribution in [0.3, 0.4) is 0 Å². The van der Waals surface area contributed by atoms with E-state index in [1.54, 1.807) is 23.5 Å². The Morgan fingerprint density at radius 2 is 2.23 bits per heavy atom. The fraction of sp³-hybridized carbons (Fsp3) is 0.444. The lowest BCUT2D eigenvalue weighted by atomic mass is 10.2. The van der Waals surface area contributed by atoms with Crippen molar-refractivity contribution in [3.63, 3.8) is 0 Å². The van der Waals surface area contributed by atoms with Crippen molar-refractivity contribution in [3.05, 3.63) is 56.1 Å². The van der Waals surface area contributed by atoms with Gasteiger partial charge in [0, 0.05) is 25.3 Å². The molecule has 0 radical (unpaired) electrons. The molecule has 7 nitrogen and oxygen atoms in total. The molecule has 1 amide bonds. The fourth-order valence-electron chi connectivity index (χ4n) is 2.78. The minimum atomic E-state index is -0.404. The van der Waals surface area contributed by atoms with Crippen molar-refractivity contribution < 1.29 is 14.3 Å². The van der Waals surface area contributed by atoms with E-state index in [-0.39, 0.29) is 17.2 Å². The summed E-state index contributed by atoms with van der Waals surface area (Å²) in [5.74, 6) is -0.404. The Hall–Kier alpha value is -2.00. The van der Waals surface area contributed by atoms with Gasteiger partial charge in [-0.25, -0.2) is 0 Å². The van der Waals surface area contributed by atoms with E-state index >= 15 is 0 Å². The van der Waals surface area contributed by atoms with Crippen molar-refractivity contribution in [2.24, 2.45) is 0 Å². The van der Waals surface area contributed by atoms with Crippen LogP contribution >= 0.6 is 11.3 Å². The van der Waals surface area contributed by atoms with E-state index in [0.29, 0.717) is 32.9 Å². The lowest BCUT2D eigenvalue weighted by Crippen LogP contribution is -2.41. The molecule has 2 aromatic rings. The monoisotopic (exact) mass is 377 g/mol. The number of thiophene rings is 1. The summed E-state index contributed by atoms with van der Waals surface area (Å²) in [6.07, 6.45) is -0.170. The molecule has 3 heterocycles. The number of pyridine rings is 1. The van der Waals surface area contributed by atoms with Crippen LogP contribution in [-0.4, -0.2) is 55.3 Å². The van der Waals surface area contributed by atoms with Crippen LogP contribution in [-0.2, 0) is 22.6 Å². The SMILES string of the molecule is CN(Cc1ccsc1)Cc1ccc(C(=O)NCC2COCCO2)c(=O)[nH]1. The zero-order chi connectivity index (χ0) is 18.4. The summed E-state index contributed by atoms with van der Waals surface area (Å²) < 4.78 is 10.8. The topological polar surface area (TPSA) is 83.7 Å². The smallest absolute Gasteiger partial charge is 0.261 e. The van der Waals surface area contributed by atoms with Gasteiger partial charge in [0.2, 0.25) is 0 Å². The molecule has 0 aromatic carbocycles. The van der Waals surface area contributed by atoms with Gasteiger partial charge in [0.25, 0.3) is 11.5 Å². The van der Waals surface area contributed by atoms with Crippen molar-refractivity contribution in [2.45, 2.75) is 19.2 Å². The maximum Gasteiger partial charge on any atom is 0.261 e. The highest BCUT2D eigenvalue weighted by Crippen LogP contribution is 2.10. The van der Waals surface area contributed by atoms with Gasteiger partial charge >= 0.3 is 0 Å². The van der Waals surface area contributed by atoms with Crippen LogP contribution in [0.1, 0.15) is 21.6 Å². The lowest BCUT2D eigenvalue weighted by molar-refractivity contribution is -0.0855. The molecule has 8 heteroatoms. The van der Waals surface area contributed by atoms with Gasteiger partial charge in [0.1, 0.15) is 5.56 Å². The summed E-state index contributed by atoms with van der Waals surface area (Å²) in [6, 6.07) is 5.43. The number of carbonyl (C=O) groups excluding carboxylic acids is 1. The highest BCUT2D eigenvalue weighted by Gasteiger charge is 2.17. The van der Waals surface area contributed by atoms with Gasteiger partial charge in [0.15, 0.2) is 0 Å². The maximum absolute atomic E-state index is 12.2. The average molecular weight is 377 g/mol. The molecule has 26 heavy (non-hydrogen) atoms. The average Bonchev–Trinajstić information content (AvgIpc) is 3.13. The van der Waals surface area contributed by atoms with E-state index in [0.717, 1.165) is 12.2 Å². The van der Waals surface area contributed by atoms with Crippen LogP contribution < -0.4 is 10.9 Å². The summed E-state index contributed by atoms with van der Waals surface area (Å²) in [6.45, 7) is 3.27. The van der Waals surface area contributed by atoms with E-state index < -0.39 is 5.91 Å². The van der Waals surface area contributed by atoms with Gasteiger partial charge in [-0.05, 0) is 41.6 Å². The van der Waals surface area contributed by atoms with Crippen molar-refractivity contribution in [1.82, 2.24) is 15.2 Å². The van der Waals surface area contributed by atoms with Crippen LogP contribution in [0.15, 0.2) is 33.8 Å². The van der Waals surface area contributed by atoms with Crippen LogP contribution in [0.2, 0.25) is 0 Å². The number of amides is 1. The highest BCUT2D eigenvalue weighted by molar-refractivity contribution is 7.07. The van der Waals surface area contributed by atoms with Crippen molar-refractivity contribution >= 4 is 17.2 Å². The predicted octanol–water partition coefficient (Wildman–Crippen LogP) is 1.21. The number of aromatic amines is 1. The minimum Gasteiger partial charge on any atom is -0.376 e. The number of rotatable bonds is 7. The fourth-order valence-corrected chi connectivity index (χ4v) is 3.44. The molecule has 1 atom stereocenters. The second kappa shape index (κ2) is 9.09. The third kappa shape index (κ3) is 5.25. The summed E-state index contributed by atoms with van der Waals surface area (Å²) in [4.78, 5) is 29.4. The minimum absolute atomic E-state index is 0.103. The van der Waals surface area contributed by atoms with E-state index in [4.69, 9.17) is 9.47 Å². The molecule has 0 saturated carbocycles. The molecule has 0 bridgehead atoms. The predicted molar refractivity (Wildman–Crippen MR) is 99.4 cm³/mol. The number of hydrogen-bond donors (Lipinski definition) is 2. The van der Waals surface area contributed by atoms with Crippen molar-refractivity contribution in [1.29, 1.82) is 0 Å². The number of nitrogens with one attached hydrogen (secondary N) is 2. The van der Waals surface area contributed by atoms with E-state index in [2.05, 4.69) is 26.6 Å². The normalized spacial score (nSPS) is 17.4. The molecule has 1 unspecified atom stereocenters. The Labute approximate surface area is 155 Å². The zero-order valence-corrected chi connectivity index (χ0v) is 15.5. The first-order valence-electron chi connectivity index (χ1n) is 8.51. The van der Waals surface area contributed by atoms with E-state index in [1.807, 2.05) is 12.4 Å². The molecule has 1 saturated heterocycles. The van der Waals surface area contributed by atoms with Crippen LogP contribution in [0, 0.1) is 0 Å². The summed E-state index contributed by atoms with van der Waals surface area (Å²) in [5.41, 5.74) is 1.73. The number of H-pyrrole nitrogens is 1. The Kier molecular flexibility index (Phi) is 6.56. The Bertz CT molecular complexity index is 769. The Balaban J connectivity index is 1.54. The first-order chi connectivity index (χ1) is 12.6. The van der Waals surface area contributed by atoms with Gasteiger partial charge < -0.3 is 19.8 Å². The van der Waals surface area contributed by atoms with Crippen LogP contribution in [0.4, 0.5) is 0 Å². The second-order valence-corrected chi connectivity index (χ2v) is 7.09. The Morgan fingerprint density at radius 3 is 2.92 bits per heavy atom. The molecule has 140 valence electrons. The number of hydrogen-bond acceptors (Lipinski definition) is 6. The molecule has 1 aliphatic rings. The third-order valence-corrected chi connectivity index (χ3v) is 4.79. The van der Waals surface area contributed by atoms with Gasteiger partial charge in [-0.2, -0.15) is 11.3 Å². The second-order valence-electron chi connectivity index (χ2n) is 6.31. The summed E-state index contributed by atoms with van der Waals surface area (Å²) >= 11 is 1.66. The van der Waals surface area contributed by atoms with Gasteiger partial charge in [0.05, 0.1) is 25.9 Å². The molecule has 3 rings (SSSR count). The van der Waals surface area contributed by atoms with E-state index in [9.17, 15) is 9.59 Å². The highest BCUT2D eigenvalue weighted by atomic mass is 32.1. The number of carbonyl (C=O) groups is 1. The molecule has 1 fully saturated rings. The van der Waals surface area contributed by atoms with Gasteiger partial charge in [-0.1, -0.05) is 0 Å². The van der Waals surface area contributed by atoms with Crippen LogP contribution in [0.25, 0.3) is 0 Å². The molecular weight excluding hydrogens is 354 g/mol. The first-order valence-corrected chi connectivity index (χ1v) is 9.45. The Morgan fingerprint density at radius 1 is 1.35 bits per heavy atom. The number of nitrogens with zero attached hydrogens (tertiary/aromatic N) is 1. The van der Waals surface area contributed by atoms with E-state index in [1.165, 1.54) is 5.56 Å². The van der Waals surface area contributed by atoms with Gasteiger partial charge in [-0.3, -0.25) is 14.5 Å². The standard InChI is InChI=1S/C18H23N3O4S/c1-21(9-13-4-7-26-12-13)10-14-2-3-16(18(23)20-14)17(22)19-8-15-11-24-5-6-25-15/h2-4,7,12,15H,5-6,8-11H2,1H3,(H,19,22)(H,20,23). The number of ether oxygens (including phenoxy) is 2. The molecule has 2 N–H and O–H groups in total. The largest absolute Gasteiger partial charge is 0.376 e. The lowest BCUT2D eigenvalue weighted by Gasteiger charge is -2.23. The molecule has 2 aromatic heterocycles. The molecule has 0 spiro atoms. The molecule has 0 aliphatic carbocycles. The summed E-state index contributed by atoms with van der Waals surface area (Å²) in [5, 5.41) is 6.88. The first kappa shape index (κ1) is 18.8. The molecule has 1 aliphatic heterocycles. The molecular formula is C18H23N3O4S. The quantitative estimate of drug-likeness (QED) is 0.758. The zero-order valence-electron chi connectivity index (χ0n) is 14.7. The maximum atomic E-state index is 12.2. The van der Waals surface area contributed by atoms with Gasteiger partial charge in [-0.15, -0.1) is 0 Å². The van der Waals surface area contributed by atoms with Crippen LogP contribution in [0.5, 0.6) is 0 Å². The number of aromatic nitrogens is 1. The third-order valence-electron chi connectivity index (χ3n) is 4.06.